The zero-order chi connectivity index (χ0) is 22.5. The topological polar surface area (TPSA) is 69.5 Å². The Bertz CT molecular complexity index is 1210. The third-order valence-corrected chi connectivity index (χ3v) is 6.35. The summed E-state index contributed by atoms with van der Waals surface area (Å²) in [6.07, 6.45) is 7.19. The minimum Gasteiger partial charge on any atom is -0.493 e. The standard InChI is InChI=1S/C24H26N4O3S.ClH/c1-4-17-6-8-19-22(14-17)32-24(26-19)28(12-5-11-27-13-10-25-16-27)23(29)18-7-9-20(30-2)21(15-18)31-3;/h6-10,13-16H,4-5,11-12H2,1-3H3;1H. The van der Waals surface area contributed by atoms with Crippen molar-refractivity contribution in [1.29, 1.82) is 0 Å². The van der Waals surface area contributed by atoms with Gasteiger partial charge in [-0.3, -0.25) is 9.69 Å². The Balaban J connectivity index is 0.00000306. The lowest BCUT2D eigenvalue weighted by Crippen LogP contribution is -2.32. The normalized spacial score (nSPS) is 10.6. The fourth-order valence-corrected chi connectivity index (χ4v) is 4.59. The van der Waals surface area contributed by atoms with Gasteiger partial charge in [0.25, 0.3) is 5.91 Å². The second-order valence-corrected chi connectivity index (χ2v) is 8.34. The Morgan fingerprint density at radius 3 is 2.64 bits per heavy atom. The number of halogens is 1. The number of aromatic nitrogens is 3. The molecule has 2 heterocycles. The van der Waals surface area contributed by atoms with Gasteiger partial charge in [-0.15, -0.1) is 12.4 Å². The number of hydrogen-bond donors (Lipinski definition) is 0. The highest BCUT2D eigenvalue weighted by atomic mass is 35.5. The Labute approximate surface area is 203 Å². The summed E-state index contributed by atoms with van der Waals surface area (Å²) in [6, 6.07) is 11.5. The summed E-state index contributed by atoms with van der Waals surface area (Å²) in [7, 11) is 3.14. The van der Waals surface area contributed by atoms with Crippen LogP contribution < -0.4 is 14.4 Å². The molecule has 0 saturated carbocycles. The number of rotatable bonds is 9. The van der Waals surface area contributed by atoms with E-state index in [4.69, 9.17) is 14.5 Å². The van der Waals surface area contributed by atoms with E-state index >= 15 is 0 Å². The molecule has 0 aliphatic rings. The van der Waals surface area contributed by atoms with Gasteiger partial charge >= 0.3 is 0 Å². The van der Waals surface area contributed by atoms with Gasteiger partial charge in [-0.1, -0.05) is 24.3 Å². The fraction of sp³-hybridized carbons (Fsp3) is 0.292. The third kappa shape index (κ3) is 5.46. The number of thiazole rings is 1. The largest absolute Gasteiger partial charge is 0.493 e. The van der Waals surface area contributed by atoms with Gasteiger partial charge in [-0.2, -0.15) is 0 Å². The Hall–Kier alpha value is -3.10. The first kappa shape index (κ1) is 24.5. The smallest absolute Gasteiger partial charge is 0.260 e. The third-order valence-electron chi connectivity index (χ3n) is 5.31. The van der Waals surface area contributed by atoms with Crippen LogP contribution in [-0.2, 0) is 13.0 Å². The first-order chi connectivity index (χ1) is 15.6. The van der Waals surface area contributed by atoms with Crippen molar-refractivity contribution >= 4 is 45.0 Å². The number of anilines is 1. The number of ether oxygens (including phenoxy) is 2. The highest BCUT2D eigenvalue weighted by Crippen LogP contribution is 2.33. The molecule has 9 heteroatoms. The molecule has 0 radical (unpaired) electrons. The van der Waals surface area contributed by atoms with E-state index in [0.717, 1.165) is 29.6 Å². The summed E-state index contributed by atoms with van der Waals surface area (Å²) in [5.41, 5.74) is 2.69. The van der Waals surface area contributed by atoms with Gasteiger partial charge < -0.3 is 14.0 Å². The van der Waals surface area contributed by atoms with Gasteiger partial charge in [-0.05, 0) is 48.7 Å². The molecular weight excluding hydrogens is 460 g/mol. The van der Waals surface area contributed by atoms with E-state index in [9.17, 15) is 4.79 Å². The van der Waals surface area contributed by atoms with Gasteiger partial charge in [0, 0.05) is 31.0 Å². The van der Waals surface area contributed by atoms with Crippen LogP contribution >= 0.6 is 23.7 Å². The summed E-state index contributed by atoms with van der Waals surface area (Å²) >= 11 is 1.54. The number of amides is 1. The van der Waals surface area contributed by atoms with Crippen molar-refractivity contribution in [3.05, 3.63) is 66.2 Å². The van der Waals surface area contributed by atoms with E-state index < -0.39 is 0 Å². The summed E-state index contributed by atoms with van der Waals surface area (Å²) in [4.78, 5) is 24.2. The highest BCUT2D eigenvalue weighted by molar-refractivity contribution is 7.22. The molecule has 0 aliphatic carbocycles. The molecule has 0 spiro atoms. The van der Waals surface area contributed by atoms with Crippen LogP contribution in [0.25, 0.3) is 10.2 Å². The quantitative estimate of drug-likeness (QED) is 0.324. The summed E-state index contributed by atoms with van der Waals surface area (Å²) < 4.78 is 13.8. The van der Waals surface area contributed by atoms with Crippen LogP contribution in [0.3, 0.4) is 0 Å². The Morgan fingerprint density at radius 1 is 1.12 bits per heavy atom. The van der Waals surface area contributed by atoms with E-state index in [0.29, 0.717) is 28.7 Å². The average molecular weight is 487 g/mol. The van der Waals surface area contributed by atoms with Gasteiger partial charge in [0.15, 0.2) is 16.6 Å². The van der Waals surface area contributed by atoms with E-state index in [1.165, 1.54) is 5.56 Å². The maximum atomic E-state index is 13.6. The lowest BCUT2D eigenvalue weighted by molar-refractivity contribution is 0.0986. The molecule has 4 rings (SSSR count). The summed E-state index contributed by atoms with van der Waals surface area (Å²) in [6.45, 7) is 3.43. The van der Waals surface area contributed by atoms with Gasteiger partial charge in [0.1, 0.15) is 0 Å². The number of benzene rings is 2. The van der Waals surface area contributed by atoms with Crippen LogP contribution in [0.2, 0.25) is 0 Å². The molecule has 7 nitrogen and oxygen atoms in total. The Morgan fingerprint density at radius 2 is 1.94 bits per heavy atom. The predicted octanol–water partition coefficient (Wildman–Crippen LogP) is 5.23. The highest BCUT2D eigenvalue weighted by Gasteiger charge is 2.22. The van der Waals surface area contributed by atoms with Crippen LogP contribution in [0.5, 0.6) is 11.5 Å². The van der Waals surface area contributed by atoms with Gasteiger partial charge in [-0.25, -0.2) is 9.97 Å². The molecule has 0 atom stereocenters. The lowest BCUT2D eigenvalue weighted by atomic mass is 10.1. The summed E-state index contributed by atoms with van der Waals surface area (Å²) in [5.74, 6) is 0.989. The molecule has 0 N–H and O–H groups in total. The van der Waals surface area contributed by atoms with Crippen LogP contribution in [0.4, 0.5) is 5.13 Å². The van der Waals surface area contributed by atoms with Crippen molar-refractivity contribution in [2.75, 3.05) is 25.7 Å². The van der Waals surface area contributed by atoms with Crippen LogP contribution in [-0.4, -0.2) is 41.2 Å². The molecule has 33 heavy (non-hydrogen) atoms. The Kier molecular flexibility index (Phi) is 8.30. The van der Waals surface area contributed by atoms with Crippen molar-refractivity contribution in [1.82, 2.24) is 14.5 Å². The van der Waals surface area contributed by atoms with Crippen molar-refractivity contribution in [3.63, 3.8) is 0 Å². The molecule has 174 valence electrons. The maximum Gasteiger partial charge on any atom is 0.260 e. The van der Waals surface area contributed by atoms with Crippen molar-refractivity contribution in [2.24, 2.45) is 0 Å². The first-order valence-corrected chi connectivity index (χ1v) is 11.3. The number of carbonyl (C=O) groups is 1. The molecule has 2 aromatic heterocycles. The number of carbonyl (C=O) groups excluding carboxylic acids is 1. The summed E-state index contributed by atoms with van der Waals surface area (Å²) in [5, 5.41) is 0.693. The SMILES string of the molecule is CCc1ccc2nc(N(CCCn3ccnc3)C(=O)c3ccc(OC)c(OC)c3)sc2c1.Cl. The first-order valence-electron chi connectivity index (χ1n) is 10.5. The number of nitrogens with zero attached hydrogens (tertiary/aromatic N) is 4. The predicted molar refractivity (Wildman–Crippen MR) is 134 cm³/mol. The van der Waals surface area contributed by atoms with Crippen molar-refractivity contribution in [2.45, 2.75) is 26.3 Å². The van der Waals surface area contributed by atoms with Crippen molar-refractivity contribution in [3.8, 4) is 11.5 Å². The molecule has 1 amide bonds. The van der Waals surface area contributed by atoms with E-state index in [2.05, 4.69) is 24.0 Å². The molecular formula is C24H27ClN4O3S. The van der Waals surface area contributed by atoms with Gasteiger partial charge in [0.2, 0.25) is 0 Å². The van der Waals surface area contributed by atoms with E-state index in [1.807, 2.05) is 16.8 Å². The van der Waals surface area contributed by atoms with Gasteiger partial charge in [0.05, 0.1) is 30.8 Å². The molecule has 2 aromatic carbocycles. The number of imidazole rings is 1. The maximum absolute atomic E-state index is 13.6. The van der Waals surface area contributed by atoms with E-state index in [-0.39, 0.29) is 18.3 Å². The fourth-order valence-electron chi connectivity index (χ4n) is 3.53. The molecule has 0 aliphatic heterocycles. The van der Waals surface area contributed by atoms with Crippen LogP contribution in [0.1, 0.15) is 29.3 Å². The second-order valence-electron chi connectivity index (χ2n) is 7.33. The molecule has 0 fully saturated rings. The monoisotopic (exact) mass is 486 g/mol. The number of hydrogen-bond acceptors (Lipinski definition) is 6. The molecule has 4 aromatic rings. The number of methoxy groups -OCH3 is 2. The number of fused-ring (bicyclic) bond motifs is 1. The molecule has 0 unspecified atom stereocenters. The van der Waals surface area contributed by atoms with Crippen LogP contribution in [0, 0.1) is 0 Å². The molecule has 0 bridgehead atoms. The second kappa shape index (κ2) is 11.2. The number of aryl methyl sites for hydroxylation is 2. The average Bonchev–Trinajstić information content (AvgIpc) is 3.50. The minimum atomic E-state index is -0.119. The minimum absolute atomic E-state index is 0. The van der Waals surface area contributed by atoms with Crippen molar-refractivity contribution < 1.29 is 14.3 Å². The zero-order valence-corrected chi connectivity index (χ0v) is 20.5. The molecule has 0 saturated heterocycles. The zero-order valence-electron chi connectivity index (χ0n) is 18.9. The van der Waals surface area contributed by atoms with E-state index in [1.54, 1.807) is 61.2 Å². The lowest BCUT2D eigenvalue weighted by Gasteiger charge is -2.20. The van der Waals surface area contributed by atoms with Crippen LogP contribution in [0.15, 0.2) is 55.1 Å².